The molecule has 0 saturated carbocycles. The Labute approximate surface area is 138 Å². The molecule has 0 amide bonds. The van der Waals surface area contributed by atoms with Crippen LogP contribution in [0.15, 0.2) is 54.6 Å². The lowest BCUT2D eigenvalue weighted by molar-refractivity contribution is -0.384. The third kappa shape index (κ3) is 2.30. The molecule has 1 heterocycles. The van der Waals surface area contributed by atoms with E-state index >= 15 is 0 Å². The Morgan fingerprint density at radius 2 is 2.04 bits per heavy atom. The van der Waals surface area contributed by atoms with Gasteiger partial charge in [0.05, 0.1) is 11.0 Å². The number of allylic oxidation sites excluding steroid dienone is 2. The van der Waals surface area contributed by atoms with Crippen molar-refractivity contribution in [1.29, 1.82) is 0 Å². The Bertz CT molecular complexity index is 818. The van der Waals surface area contributed by atoms with Crippen molar-refractivity contribution in [3.8, 4) is 0 Å². The van der Waals surface area contributed by atoms with Crippen molar-refractivity contribution in [3.63, 3.8) is 0 Å². The van der Waals surface area contributed by atoms with Crippen molar-refractivity contribution >= 4 is 23.0 Å². The van der Waals surface area contributed by atoms with Gasteiger partial charge in [0.1, 0.15) is 5.69 Å². The van der Waals surface area contributed by atoms with Crippen LogP contribution in [0.25, 0.3) is 0 Å². The maximum Gasteiger partial charge on any atom is 0.292 e. The SMILES string of the molecule is O=[N+]([O-])c1cccc2c1N[C@@H](c1cccc(Cl)c1)C1CC=CC21. The summed E-state index contributed by atoms with van der Waals surface area (Å²) in [4.78, 5) is 11.1. The Hall–Kier alpha value is -2.33. The smallest absolute Gasteiger partial charge is 0.292 e. The van der Waals surface area contributed by atoms with Gasteiger partial charge in [-0.2, -0.15) is 0 Å². The molecule has 0 fully saturated rings. The van der Waals surface area contributed by atoms with E-state index in [0.717, 1.165) is 17.5 Å². The lowest BCUT2D eigenvalue weighted by Gasteiger charge is -2.37. The monoisotopic (exact) mass is 326 g/mol. The molecule has 4 rings (SSSR count). The van der Waals surface area contributed by atoms with Gasteiger partial charge in [-0.15, -0.1) is 0 Å². The average molecular weight is 327 g/mol. The molecule has 3 atom stereocenters. The van der Waals surface area contributed by atoms with Crippen molar-refractivity contribution in [2.75, 3.05) is 5.32 Å². The molecule has 1 aliphatic carbocycles. The zero-order chi connectivity index (χ0) is 16.0. The van der Waals surface area contributed by atoms with E-state index < -0.39 is 0 Å². The minimum Gasteiger partial charge on any atom is -0.372 e. The summed E-state index contributed by atoms with van der Waals surface area (Å²) in [5, 5.41) is 15.5. The number of hydrogen-bond donors (Lipinski definition) is 1. The highest BCUT2D eigenvalue weighted by Crippen LogP contribution is 2.52. The summed E-state index contributed by atoms with van der Waals surface area (Å²) >= 11 is 6.14. The van der Waals surface area contributed by atoms with Crippen molar-refractivity contribution in [2.24, 2.45) is 5.92 Å². The van der Waals surface area contributed by atoms with Gasteiger partial charge in [0.2, 0.25) is 0 Å². The number of rotatable bonds is 2. The minimum absolute atomic E-state index is 0.0160. The maximum atomic E-state index is 11.4. The summed E-state index contributed by atoms with van der Waals surface area (Å²) in [5.41, 5.74) is 2.85. The van der Waals surface area contributed by atoms with Gasteiger partial charge in [-0.05, 0) is 35.6 Å². The largest absolute Gasteiger partial charge is 0.372 e. The van der Waals surface area contributed by atoms with Gasteiger partial charge in [0, 0.05) is 17.0 Å². The number of hydrogen-bond acceptors (Lipinski definition) is 3. The van der Waals surface area contributed by atoms with Gasteiger partial charge in [-0.1, -0.05) is 48.0 Å². The molecular weight excluding hydrogens is 312 g/mol. The predicted octanol–water partition coefficient (Wildman–Crippen LogP) is 5.07. The summed E-state index contributed by atoms with van der Waals surface area (Å²) in [6.45, 7) is 0. The molecule has 0 spiro atoms. The highest BCUT2D eigenvalue weighted by molar-refractivity contribution is 6.30. The second-order valence-corrected chi connectivity index (χ2v) is 6.47. The maximum absolute atomic E-state index is 11.4. The zero-order valence-electron chi connectivity index (χ0n) is 12.3. The van der Waals surface area contributed by atoms with Crippen LogP contribution in [0.1, 0.15) is 29.5 Å². The van der Waals surface area contributed by atoms with Gasteiger partial charge in [-0.3, -0.25) is 10.1 Å². The van der Waals surface area contributed by atoms with Crippen LogP contribution in [0, 0.1) is 16.0 Å². The Kier molecular flexibility index (Phi) is 3.34. The van der Waals surface area contributed by atoms with E-state index in [4.69, 9.17) is 11.6 Å². The molecular formula is C18H15ClN2O2. The predicted molar refractivity (Wildman–Crippen MR) is 90.9 cm³/mol. The first-order chi connectivity index (χ1) is 11.1. The Morgan fingerprint density at radius 1 is 1.22 bits per heavy atom. The fraction of sp³-hybridized carbons (Fsp3) is 0.222. The van der Waals surface area contributed by atoms with Gasteiger partial charge < -0.3 is 5.32 Å². The molecule has 4 nitrogen and oxygen atoms in total. The first kappa shape index (κ1) is 14.3. The summed E-state index contributed by atoms with van der Waals surface area (Å²) in [6.07, 6.45) is 5.30. The standard InChI is InChI=1S/C18H15ClN2O2/c19-12-5-1-4-11(10-12)17-14-7-2-6-13(14)15-8-3-9-16(21(22)23)18(15)20-17/h1-6,8-10,13-14,17,20H,7H2/t13?,14?,17-/m0/s1. The molecule has 2 aliphatic rings. The Balaban J connectivity index is 1.85. The van der Waals surface area contributed by atoms with Crippen LogP contribution in [0.4, 0.5) is 11.4 Å². The van der Waals surface area contributed by atoms with E-state index in [1.54, 1.807) is 12.1 Å². The number of halogens is 1. The fourth-order valence-electron chi connectivity index (χ4n) is 3.79. The lowest BCUT2D eigenvalue weighted by Crippen LogP contribution is -2.29. The molecule has 0 radical (unpaired) electrons. The number of nitrogens with one attached hydrogen (secondary N) is 1. The second kappa shape index (κ2) is 5.39. The number of nitrogens with zero attached hydrogens (tertiary/aromatic N) is 1. The van der Waals surface area contributed by atoms with Gasteiger partial charge in [-0.25, -0.2) is 0 Å². The van der Waals surface area contributed by atoms with Crippen LogP contribution in [-0.2, 0) is 0 Å². The van der Waals surface area contributed by atoms with Crippen LogP contribution >= 0.6 is 11.6 Å². The summed E-state index contributed by atoms with van der Waals surface area (Å²) < 4.78 is 0. The summed E-state index contributed by atoms with van der Waals surface area (Å²) in [6, 6.07) is 13.0. The number of nitro benzene ring substituents is 1. The molecule has 2 unspecified atom stereocenters. The summed E-state index contributed by atoms with van der Waals surface area (Å²) in [7, 11) is 0. The van der Waals surface area contributed by atoms with E-state index in [2.05, 4.69) is 17.5 Å². The molecule has 1 aliphatic heterocycles. The van der Waals surface area contributed by atoms with Gasteiger partial charge in [0.15, 0.2) is 0 Å². The van der Waals surface area contributed by atoms with Crippen LogP contribution < -0.4 is 5.32 Å². The van der Waals surface area contributed by atoms with E-state index in [-0.39, 0.29) is 22.6 Å². The van der Waals surface area contributed by atoms with E-state index in [1.165, 1.54) is 0 Å². The van der Waals surface area contributed by atoms with Crippen molar-refractivity contribution in [3.05, 3.63) is 80.9 Å². The van der Waals surface area contributed by atoms with Crippen LogP contribution in [-0.4, -0.2) is 4.92 Å². The van der Waals surface area contributed by atoms with E-state index in [0.29, 0.717) is 16.6 Å². The highest BCUT2D eigenvalue weighted by Gasteiger charge is 2.40. The molecule has 2 aromatic carbocycles. The third-order valence-corrected chi connectivity index (χ3v) is 5.01. The first-order valence-corrected chi connectivity index (χ1v) is 7.99. The lowest BCUT2D eigenvalue weighted by atomic mass is 9.77. The van der Waals surface area contributed by atoms with Crippen LogP contribution in [0.2, 0.25) is 5.02 Å². The first-order valence-electron chi connectivity index (χ1n) is 7.61. The van der Waals surface area contributed by atoms with Crippen molar-refractivity contribution < 1.29 is 4.92 Å². The highest BCUT2D eigenvalue weighted by atomic mass is 35.5. The molecule has 0 saturated heterocycles. The normalized spacial score (nSPS) is 24.7. The number of nitro groups is 1. The van der Waals surface area contributed by atoms with Gasteiger partial charge >= 0.3 is 0 Å². The Morgan fingerprint density at radius 3 is 2.83 bits per heavy atom. The summed E-state index contributed by atoms with van der Waals surface area (Å²) in [5.74, 6) is 0.554. The third-order valence-electron chi connectivity index (χ3n) is 4.78. The molecule has 116 valence electrons. The quantitative estimate of drug-likeness (QED) is 0.476. The molecule has 2 aromatic rings. The number of anilines is 1. The van der Waals surface area contributed by atoms with Crippen molar-refractivity contribution in [2.45, 2.75) is 18.4 Å². The second-order valence-electron chi connectivity index (χ2n) is 6.03. The van der Waals surface area contributed by atoms with Crippen LogP contribution in [0.5, 0.6) is 0 Å². The molecule has 23 heavy (non-hydrogen) atoms. The van der Waals surface area contributed by atoms with E-state index in [1.807, 2.05) is 30.3 Å². The number of fused-ring (bicyclic) bond motifs is 3. The molecule has 5 heteroatoms. The number of benzene rings is 2. The van der Waals surface area contributed by atoms with E-state index in [9.17, 15) is 10.1 Å². The molecule has 1 N–H and O–H groups in total. The molecule has 0 aromatic heterocycles. The zero-order valence-corrected chi connectivity index (χ0v) is 13.0. The fourth-order valence-corrected chi connectivity index (χ4v) is 3.99. The van der Waals surface area contributed by atoms with Gasteiger partial charge in [0.25, 0.3) is 5.69 Å². The average Bonchev–Trinajstić information content (AvgIpc) is 3.03. The number of para-hydroxylation sites is 1. The van der Waals surface area contributed by atoms with Crippen LogP contribution in [0.3, 0.4) is 0 Å². The topological polar surface area (TPSA) is 55.2 Å². The van der Waals surface area contributed by atoms with Crippen molar-refractivity contribution in [1.82, 2.24) is 0 Å². The molecule has 0 bridgehead atoms. The minimum atomic E-state index is -0.320.